The van der Waals surface area contributed by atoms with Gasteiger partial charge in [-0.3, -0.25) is 0 Å². The van der Waals surface area contributed by atoms with Crippen molar-refractivity contribution in [3.05, 3.63) is 328 Å². The molecule has 0 aliphatic heterocycles. The molecule has 2 nitrogen and oxygen atoms in total. The Morgan fingerprint density at radius 3 is 1.03 bits per heavy atom. The van der Waals surface area contributed by atoms with Gasteiger partial charge in [-0.25, -0.2) is 0 Å². The minimum atomic E-state index is 1.18. The van der Waals surface area contributed by atoms with Gasteiger partial charge in [-0.2, -0.15) is 0 Å². The van der Waals surface area contributed by atoms with Crippen LogP contribution in [0.25, 0.3) is 164 Å². The predicted molar refractivity (Wildman–Crippen MR) is 368 cm³/mol. The fraction of sp³-hybridized carbons (Fsp3) is 0. The lowest BCUT2D eigenvalue weighted by Gasteiger charge is -2.12. The van der Waals surface area contributed by atoms with Gasteiger partial charge in [0.1, 0.15) is 0 Å². The first-order valence-electron chi connectivity index (χ1n) is 29.7. The van der Waals surface area contributed by atoms with Gasteiger partial charge in [-0.15, -0.1) is 0 Å². The van der Waals surface area contributed by atoms with Crippen LogP contribution in [0, 0.1) is 0 Å². The Balaban J connectivity index is 0.000000134. The van der Waals surface area contributed by atoms with Gasteiger partial charge < -0.3 is 9.13 Å². The van der Waals surface area contributed by atoms with Crippen LogP contribution < -0.4 is 0 Å². The van der Waals surface area contributed by atoms with Crippen LogP contribution in [-0.4, -0.2) is 9.13 Å². The molecule has 16 aromatic carbocycles. The quantitative estimate of drug-likeness (QED) is 0.147. The second-order valence-electron chi connectivity index (χ2n) is 22.8. The lowest BCUT2D eigenvalue weighted by Crippen LogP contribution is -1.93. The Hall–Kier alpha value is -11.3. The number of fused-ring (bicyclic) bond motifs is 14. The lowest BCUT2D eigenvalue weighted by molar-refractivity contribution is 1.19. The van der Waals surface area contributed by atoms with Crippen LogP contribution in [0.5, 0.6) is 0 Å². The molecule has 0 amide bonds. The highest BCUT2D eigenvalue weighted by atomic mass is 15.0. The fourth-order valence-corrected chi connectivity index (χ4v) is 13.7. The molecule has 2 heteroatoms. The highest BCUT2D eigenvalue weighted by Gasteiger charge is 2.17. The summed E-state index contributed by atoms with van der Waals surface area (Å²) < 4.78 is 4.79. The topological polar surface area (TPSA) is 9.86 Å². The SMILES string of the molecule is c1ccc2cc(-n3c4ccccc4c4cc(-c5ccc(-c6cc7ccccc7c7ccccc67)cc5)ccc43)ccc2c1.c1ccc2cc(-n3c4ccccc4c4cc(-c5ccc(-c6ccc7c(ccc8ccccc87)c6)cc5)ccc43)ccc2c1. The first-order chi connectivity index (χ1) is 42.6. The van der Waals surface area contributed by atoms with E-state index in [1.165, 1.54) is 164 Å². The van der Waals surface area contributed by atoms with E-state index < -0.39 is 0 Å². The Bertz CT molecular complexity index is 5700. The van der Waals surface area contributed by atoms with Crippen molar-refractivity contribution in [2.75, 3.05) is 0 Å². The van der Waals surface area contributed by atoms with Crippen molar-refractivity contribution in [2.45, 2.75) is 0 Å². The van der Waals surface area contributed by atoms with E-state index in [1.807, 2.05) is 0 Å². The molecule has 0 radical (unpaired) electrons. The van der Waals surface area contributed by atoms with E-state index in [9.17, 15) is 0 Å². The van der Waals surface area contributed by atoms with E-state index in [2.05, 4.69) is 337 Å². The third-order valence-electron chi connectivity index (χ3n) is 17.9. The molecule has 2 aromatic heterocycles. The number of hydrogen-bond acceptors (Lipinski definition) is 0. The summed E-state index contributed by atoms with van der Waals surface area (Å²) in [7, 11) is 0. The summed E-state index contributed by atoms with van der Waals surface area (Å²) in [5.41, 5.74) is 17.1. The molecule has 18 aromatic rings. The van der Waals surface area contributed by atoms with E-state index in [0.29, 0.717) is 0 Å². The standard InChI is InChI=1S/2C42H27N/c1-2-10-31-25-34(23-21-28(31)9-1)43-41-16-8-7-15-38(41)40-26-32(22-24-42(40)43)29-17-19-30(20-18-29)39-27-33-11-3-4-12-35(33)36-13-5-6-14-37(36)39;1-2-9-32-26-36(22-19-28(32)7-1)43-41-12-6-5-11-39(41)40-27-34(21-24-42(40)43)30-15-13-29(14-16-30)33-20-23-38-35(25-33)18-17-31-8-3-4-10-37(31)38/h2*1-27H. The summed E-state index contributed by atoms with van der Waals surface area (Å²) in [4.78, 5) is 0. The first-order valence-corrected chi connectivity index (χ1v) is 29.7. The predicted octanol–water partition coefficient (Wildman–Crippen LogP) is 23.2. The van der Waals surface area contributed by atoms with Gasteiger partial charge in [0.2, 0.25) is 0 Å². The Labute approximate surface area is 497 Å². The molecule has 0 fully saturated rings. The highest BCUT2D eigenvalue weighted by molar-refractivity contribution is 6.15. The fourth-order valence-electron chi connectivity index (χ4n) is 13.7. The molecule has 0 aliphatic rings. The molecule has 2 heterocycles. The summed E-state index contributed by atoms with van der Waals surface area (Å²) in [6.45, 7) is 0. The number of rotatable bonds is 6. The van der Waals surface area contributed by atoms with Gasteiger partial charge in [0.05, 0.1) is 22.1 Å². The van der Waals surface area contributed by atoms with Crippen LogP contribution in [0.2, 0.25) is 0 Å². The van der Waals surface area contributed by atoms with Crippen LogP contribution in [0.4, 0.5) is 0 Å². The van der Waals surface area contributed by atoms with Crippen molar-refractivity contribution in [1.82, 2.24) is 9.13 Å². The van der Waals surface area contributed by atoms with Gasteiger partial charge in [0, 0.05) is 32.9 Å². The summed E-state index contributed by atoms with van der Waals surface area (Å²) >= 11 is 0. The Morgan fingerprint density at radius 1 is 0.151 bits per heavy atom. The van der Waals surface area contributed by atoms with Crippen molar-refractivity contribution in [1.29, 1.82) is 0 Å². The van der Waals surface area contributed by atoms with Gasteiger partial charge in [-0.1, -0.05) is 255 Å². The van der Waals surface area contributed by atoms with E-state index in [0.717, 1.165) is 0 Å². The van der Waals surface area contributed by atoms with Crippen molar-refractivity contribution in [3.63, 3.8) is 0 Å². The zero-order chi connectivity index (χ0) is 56.7. The molecule has 0 aliphatic carbocycles. The average molecular weight is 1090 g/mol. The van der Waals surface area contributed by atoms with Gasteiger partial charge in [0.25, 0.3) is 0 Å². The molecule has 400 valence electrons. The zero-order valence-electron chi connectivity index (χ0n) is 47.1. The van der Waals surface area contributed by atoms with Crippen LogP contribution in [0.15, 0.2) is 328 Å². The molecule has 0 bridgehead atoms. The number of aromatic nitrogens is 2. The van der Waals surface area contributed by atoms with E-state index in [4.69, 9.17) is 0 Å². The van der Waals surface area contributed by atoms with E-state index >= 15 is 0 Å². The molecular formula is C84H54N2. The average Bonchev–Trinajstić information content (AvgIpc) is 1.96. The highest BCUT2D eigenvalue weighted by Crippen LogP contribution is 2.41. The summed E-state index contributed by atoms with van der Waals surface area (Å²) in [6.07, 6.45) is 0. The zero-order valence-corrected chi connectivity index (χ0v) is 47.1. The second-order valence-corrected chi connectivity index (χ2v) is 22.8. The number of para-hydroxylation sites is 2. The van der Waals surface area contributed by atoms with Gasteiger partial charge in [0.15, 0.2) is 0 Å². The van der Waals surface area contributed by atoms with Crippen molar-refractivity contribution in [2.24, 2.45) is 0 Å². The molecule has 0 spiro atoms. The second kappa shape index (κ2) is 20.2. The Kier molecular flexibility index (Phi) is 11.6. The molecule has 0 N–H and O–H groups in total. The molecule has 86 heavy (non-hydrogen) atoms. The molecule has 0 atom stereocenters. The van der Waals surface area contributed by atoms with Crippen LogP contribution in [0.1, 0.15) is 0 Å². The van der Waals surface area contributed by atoms with Crippen molar-refractivity contribution < 1.29 is 0 Å². The first kappa shape index (κ1) is 49.3. The number of benzene rings is 16. The summed E-state index contributed by atoms with van der Waals surface area (Å²) in [6, 6.07) is 120. The van der Waals surface area contributed by atoms with Gasteiger partial charge >= 0.3 is 0 Å². The molecule has 18 rings (SSSR count). The third-order valence-corrected chi connectivity index (χ3v) is 17.9. The summed E-state index contributed by atoms with van der Waals surface area (Å²) in [5.74, 6) is 0. The minimum Gasteiger partial charge on any atom is -0.309 e. The molecular weight excluding hydrogens is 1040 g/mol. The monoisotopic (exact) mass is 1090 g/mol. The van der Waals surface area contributed by atoms with Crippen molar-refractivity contribution >= 4 is 108 Å². The largest absolute Gasteiger partial charge is 0.309 e. The van der Waals surface area contributed by atoms with Crippen LogP contribution >= 0.6 is 0 Å². The number of nitrogens with zero attached hydrogens (tertiary/aromatic N) is 2. The van der Waals surface area contributed by atoms with Crippen LogP contribution in [0.3, 0.4) is 0 Å². The third kappa shape index (κ3) is 8.33. The van der Waals surface area contributed by atoms with E-state index in [1.54, 1.807) is 0 Å². The lowest BCUT2D eigenvalue weighted by atomic mass is 9.92. The smallest absolute Gasteiger partial charge is 0.0541 e. The van der Waals surface area contributed by atoms with Gasteiger partial charge in [-0.05, 0) is 182 Å². The normalized spacial score (nSPS) is 11.7. The maximum Gasteiger partial charge on any atom is 0.0541 e. The maximum atomic E-state index is 2.40. The van der Waals surface area contributed by atoms with Crippen molar-refractivity contribution in [3.8, 4) is 55.9 Å². The van der Waals surface area contributed by atoms with Crippen LogP contribution in [-0.2, 0) is 0 Å². The number of hydrogen-bond donors (Lipinski definition) is 0. The molecule has 0 unspecified atom stereocenters. The molecule has 0 saturated heterocycles. The maximum absolute atomic E-state index is 2.40. The summed E-state index contributed by atoms with van der Waals surface area (Å²) in [5, 5.41) is 20.4. The Morgan fingerprint density at radius 2 is 0.488 bits per heavy atom. The van der Waals surface area contributed by atoms with E-state index in [-0.39, 0.29) is 0 Å². The minimum absolute atomic E-state index is 1.18. The molecule has 0 saturated carbocycles.